The van der Waals surface area contributed by atoms with Crippen LogP contribution in [0.4, 0.5) is 5.69 Å². The Morgan fingerprint density at radius 2 is 1.96 bits per heavy atom. The Morgan fingerprint density at radius 1 is 1.12 bits per heavy atom. The van der Waals surface area contributed by atoms with Crippen LogP contribution in [0, 0.1) is 0 Å². The van der Waals surface area contributed by atoms with Gasteiger partial charge in [-0.05, 0) is 36.8 Å². The standard InChI is InChI=1S/C19H18N6O/c1-14(24-11-9-20-13-24)19(26)21-16-7-5-15(6-8-16)12-18-23-22-17-4-2-3-10-25(17)18/h2-11,13-14H,12H2,1H3,(H,21,26)/t14-/m1/s1. The van der Waals surface area contributed by atoms with Crippen molar-refractivity contribution >= 4 is 17.2 Å². The van der Waals surface area contributed by atoms with Gasteiger partial charge in [-0.15, -0.1) is 10.2 Å². The van der Waals surface area contributed by atoms with Crippen LogP contribution in [0.15, 0.2) is 67.4 Å². The maximum atomic E-state index is 12.3. The molecule has 0 saturated carbocycles. The average Bonchev–Trinajstić information content (AvgIpc) is 3.33. The van der Waals surface area contributed by atoms with Crippen LogP contribution in [-0.4, -0.2) is 30.1 Å². The van der Waals surface area contributed by atoms with Crippen molar-refractivity contribution in [3.05, 3.63) is 78.8 Å². The van der Waals surface area contributed by atoms with E-state index < -0.39 is 0 Å². The molecule has 7 nitrogen and oxygen atoms in total. The summed E-state index contributed by atoms with van der Waals surface area (Å²) in [7, 11) is 0. The summed E-state index contributed by atoms with van der Waals surface area (Å²) >= 11 is 0. The van der Waals surface area contributed by atoms with E-state index in [0.29, 0.717) is 6.42 Å². The van der Waals surface area contributed by atoms with Crippen molar-refractivity contribution in [2.75, 3.05) is 5.32 Å². The number of carbonyl (C=O) groups excluding carboxylic acids is 1. The summed E-state index contributed by atoms with van der Waals surface area (Å²) < 4.78 is 3.74. The van der Waals surface area contributed by atoms with Gasteiger partial charge in [0.25, 0.3) is 0 Å². The molecule has 0 radical (unpaired) electrons. The Kier molecular flexibility index (Phi) is 4.18. The summed E-state index contributed by atoms with van der Waals surface area (Å²) in [6.07, 6.45) is 7.70. The highest BCUT2D eigenvalue weighted by atomic mass is 16.2. The van der Waals surface area contributed by atoms with E-state index in [2.05, 4.69) is 20.5 Å². The molecule has 1 N–H and O–H groups in total. The maximum Gasteiger partial charge on any atom is 0.247 e. The summed E-state index contributed by atoms with van der Waals surface area (Å²) in [5, 5.41) is 11.3. The molecule has 0 unspecified atom stereocenters. The number of anilines is 1. The van der Waals surface area contributed by atoms with Gasteiger partial charge in [0.1, 0.15) is 11.9 Å². The third-order valence-electron chi connectivity index (χ3n) is 4.32. The lowest BCUT2D eigenvalue weighted by Gasteiger charge is -2.13. The van der Waals surface area contributed by atoms with Gasteiger partial charge in [-0.2, -0.15) is 0 Å². The number of pyridine rings is 1. The van der Waals surface area contributed by atoms with Crippen LogP contribution in [0.1, 0.15) is 24.4 Å². The molecular formula is C19H18N6O. The zero-order valence-electron chi connectivity index (χ0n) is 14.3. The molecule has 130 valence electrons. The third kappa shape index (κ3) is 3.19. The summed E-state index contributed by atoms with van der Waals surface area (Å²) in [5.74, 6) is 0.797. The van der Waals surface area contributed by atoms with Gasteiger partial charge in [-0.25, -0.2) is 4.98 Å². The molecule has 4 aromatic rings. The number of nitrogens with one attached hydrogen (secondary N) is 1. The summed E-state index contributed by atoms with van der Waals surface area (Å²) in [6.45, 7) is 1.84. The van der Waals surface area contributed by atoms with Crippen LogP contribution in [0.2, 0.25) is 0 Å². The lowest BCUT2D eigenvalue weighted by Crippen LogP contribution is -2.22. The molecule has 0 aliphatic heterocycles. The van der Waals surface area contributed by atoms with Gasteiger partial charge in [0, 0.05) is 30.7 Å². The van der Waals surface area contributed by atoms with Gasteiger partial charge in [0.15, 0.2) is 5.65 Å². The molecule has 3 aromatic heterocycles. The van der Waals surface area contributed by atoms with Gasteiger partial charge in [-0.3, -0.25) is 9.20 Å². The number of aromatic nitrogens is 5. The van der Waals surface area contributed by atoms with E-state index in [1.54, 1.807) is 23.3 Å². The van der Waals surface area contributed by atoms with Gasteiger partial charge in [0.05, 0.1) is 6.33 Å². The molecule has 26 heavy (non-hydrogen) atoms. The fourth-order valence-electron chi connectivity index (χ4n) is 2.78. The van der Waals surface area contributed by atoms with Crippen molar-refractivity contribution in [2.24, 2.45) is 0 Å². The van der Waals surface area contributed by atoms with Crippen LogP contribution < -0.4 is 5.32 Å². The summed E-state index contributed by atoms with van der Waals surface area (Å²) in [6, 6.07) is 13.3. The van der Waals surface area contributed by atoms with Gasteiger partial charge in [0.2, 0.25) is 5.91 Å². The number of imidazole rings is 1. The first-order valence-electron chi connectivity index (χ1n) is 8.36. The molecule has 1 amide bonds. The molecule has 7 heteroatoms. The normalized spacial score (nSPS) is 12.2. The van der Waals surface area contributed by atoms with Crippen LogP contribution in [0.5, 0.6) is 0 Å². The quantitative estimate of drug-likeness (QED) is 0.603. The lowest BCUT2D eigenvalue weighted by molar-refractivity contribution is -0.118. The van der Waals surface area contributed by atoms with Crippen LogP contribution in [0.25, 0.3) is 5.65 Å². The van der Waals surface area contributed by atoms with E-state index in [9.17, 15) is 4.79 Å². The molecule has 3 heterocycles. The smallest absolute Gasteiger partial charge is 0.247 e. The van der Waals surface area contributed by atoms with Crippen molar-refractivity contribution in [3.8, 4) is 0 Å². The third-order valence-corrected chi connectivity index (χ3v) is 4.32. The van der Waals surface area contributed by atoms with Crippen molar-refractivity contribution in [2.45, 2.75) is 19.4 Å². The zero-order chi connectivity index (χ0) is 17.9. The predicted octanol–water partition coefficient (Wildman–Crippen LogP) is 2.72. The Bertz CT molecular complexity index is 1020. The number of nitrogens with zero attached hydrogens (tertiary/aromatic N) is 5. The number of fused-ring (bicyclic) bond motifs is 1. The molecule has 0 spiro atoms. The Labute approximate surface area is 150 Å². The summed E-state index contributed by atoms with van der Waals surface area (Å²) in [4.78, 5) is 16.3. The molecule has 0 saturated heterocycles. The first-order valence-corrected chi connectivity index (χ1v) is 8.36. The minimum Gasteiger partial charge on any atom is -0.325 e. The average molecular weight is 346 g/mol. The van der Waals surface area contributed by atoms with E-state index in [0.717, 1.165) is 22.7 Å². The highest BCUT2D eigenvalue weighted by molar-refractivity contribution is 5.93. The summed E-state index contributed by atoms with van der Waals surface area (Å²) in [5.41, 5.74) is 2.69. The fourth-order valence-corrected chi connectivity index (χ4v) is 2.78. The zero-order valence-corrected chi connectivity index (χ0v) is 14.3. The second-order valence-corrected chi connectivity index (χ2v) is 6.09. The monoisotopic (exact) mass is 346 g/mol. The highest BCUT2D eigenvalue weighted by Crippen LogP contribution is 2.15. The van der Waals surface area contributed by atoms with E-state index >= 15 is 0 Å². The van der Waals surface area contributed by atoms with Gasteiger partial charge < -0.3 is 9.88 Å². The fraction of sp³-hybridized carbons (Fsp3) is 0.158. The second kappa shape index (κ2) is 6.79. The first kappa shape index (κ1) is 16.0. The van der Waals surface area contributed by atoms with Crippen LogP contribution >= 0.6 is 0 Å². The Balaban J connectivity index is 1.44. The van der Waals surface area contributed by atoms with E-state index in [4.69, 9.17) is 0 Å². The lowest BCUT2D eigenvalue weighted by atomic mass is 10.1. The van der Waals surface area contributed by atoms with Crippen molar-refractivity contribution < 1.29 is 4.79 Å². The number of hydrogen-bond acceptors (Lipinski definition) is 4. The van der Waals surface area contributed by atoms with Crippen molar-refractivity contribution in [3.63, 3.8) is 0 Å². The molecule has 1 atom stereocenters. The van der Waals surface area contributed by atoms with Gasteiger partial charge >= 0.3 is 0 Å². The minimum atomic E-state index is -0.320. The molecule has 4 rings (SSSR count). The predicted molar refractivity (Wildman–Crippen MR) is 97.8 cm³/mol. The topological polar surface area (TPSA) is 77.1 Å². The van der Waals surface area contributed by atoms with E-state index in [1.807, 2.05) is 60.0 Å². The number of amides is 1. The van der Waals surface area contributed by atoms with Crippen LogP contribution in [-0.2, 0) is 11.2 Å². The van der Waals surface area contributed by atoms with Crippen molar-refractivity contribution in [1.29, 1.82) is 0 Å². The second-order valence-electron chi connectivity index (χ2n) is 6.09. The minimum absolute atomic E-state index is 0.0841. The van der Waals surface area contributed by atoms with Gasteiger partial charge in [-0.1, -0.05) is 18.2 Å². The molecular weight excluding hydrogens is 328 g/mol. The molecule has 0 aliphatic rings. The van der Waals surface area contributed by atoms with E-state index in [1.165, 1.54) is 0 Å². The maximum absolute atomic E-state index is 12.3. The van der Waals surface area contributed by atoms with Crippen molar-refractivity contribution in [1.82, 2.24) is 24.1 Å². The largest absolute Gasteiger partial charge is 0.325 e. The first-order chi connectivity index (χ1) is 12.7. The number of carbonyl (C=O) groups is 1. The van der Waals surface area contributed by atoms with E-state index in [-0.39, 0.29) is 11.9 Å². The molecule has 0 aliphatic carbocycles. The number of hydrogen-bond donors (Lipinski definition) is 1. The Hall–Kier alpha value is -3.48. The SMILES string of the molecule is C[C@H](C(=O)Nc1ccc(Cc2nnc3ccccn23)cc1)n1ccnc1. The molecule has 0 bridgehead atoms. The highest BCUT2D eigenvalue weighted by Gasteiger charge is 2.14. The Morgan fingerprint density at radius 3 is 2.73 bits per heavy atom. The molecule has 0 fully saturated rings. The number of benzene rings is 1. The molecule has 1 aromatic carbocycles. The number of rotatable bonds is 5. The van der Waals surface area contributed by atoms with Crippen LogP contribution in [0.3, 0.4) is 0 Å².